The number of nitrogens with zero attached hydrogens (tertiary/aromatic N) is 1. The van der Waals surface area contributed by atoms with E-state index in [0.29, 0.717) is 12.6 Å². The van der Waals surface area contributed by atoms with Gasteiger partial charge in [-0.25, -0.2) is 0 Å². The van der Waals surface area contributed by atoms with Crippen molar-refractivity contribution in [3.05, 3.63) is 0 Å². The normalized spacial score (nSPS) is 31.4. The summed E-state index contributed by atoms with van der Waals surface area (Å²) in [6, 6.07) is 0.339. The molecule has 2 aliphatic rings. The van der Waals surface area contributed by atoms with Crippen LogP contribution in [0.1, 0.15) is 26.2 Å². The van der Waals surface area contributed by atoms with Crippen LogP contribution in [0.25, 0.3) is 0 Å². The van der Waals surface area contributed by atoms with Crippen molar-refractivity contribution in [2.24, 2.45) is 17.6 Å². The topological polar surface area (TPSA) is 58.4 Å². The van der Waals surface area contributed by atoms with E-state index >= 15 is 0 Å². The van der Waals surface area contributed by atoms with Crippen molar-refractivity contribution in [1.82, 2.24) is 10.2 Å². The minimum Gasteiger partial charge on any atom is -0.355 e. The number of hydrogen-bond donors (Lipinski definition) is 2. The van der Waals surface area contributed by atoms with Gasteiger partial charge in [0.1, 0.15) is 0 Å². The SMILES string of the molecule is CC1CC1CNC(=O)CN1CCC(N)CC1. The van der Waals surface area contributed by atoms with Gasteiger partial charge in [0, 0.05) is 25.7 Å². The van der Waals surface area contributed by atoms with Crippen LogP contribution in [0.5, 0.6) is 0 Å². The molecule has 92 valence electrons. The average Bonchev–Trinajstić information content (AvgIpc) is 2.95. The largest absolute Gasteiger partial charge is 0.355 e. The summed E-state index contributed by atoms with van der Waals surface area (Å²) in [4.78, 5) is 13.9. The van der Waals surface area contributed by atoms with E-state index in [0.717, 1.165) is 44.3 Å². The van der Waals surface area contributed by atoms with Crippen molar-refractivity contribution in [2.45, 2.75) is 32.2 Å². The van der Waals surface area contributed by atoms with Gasteiger partial charge in [0.15, 0.2) is 0 Å². The summed E-state index contributed by atoms with van der Waals surface area (Å²) in [6.45, 7) is 5.59. The highest BCUT2D eigenvalue weighted by Gasteiger charge is 2.32. The molecule has 4 heteroatoms. The number of nitrogens with one attached hydrogen (secondary N) is 1. The Morgan fingerprint density at radius 1 is 1.44 bits per heavy atom. The number of likely N-dealkylation sites (tertiary alicyclic amines) is 1. The highest BCUT2D eigenvalue weighted by atomic mass is 16.2. The Balaban J connectivity index is 1.59. The number of nitrogens with two attached hydrogens (primary N) is 1. The zero-order chi connectivity index (χ0) is 11.5. The quantitative estimate of drug-likeness (QED) is 0.717. The molecule has 1 aliphatic carbocycles. The maximum absolute atomic E-state index is 11.6. The Kier molecular flexibility index (Phi) is 3.82. The van der Waals surface area contributed by atoms with Crippen LogP contribution < -0.4 is 11.1 Å². The summed E-state index contributed by atoms with van der Waals surface area (Å²) in [5.74, 6) is 1.72. The summed E-state index contributed by atoms with van der Waals surface area (Å²) < 4.78 is 0. The van der Waals surface area contributed by atoms with Crippen LogP contribution in [0.2, 0.25) is 0 Å². The summed E-state index contributed by atoms with van der Waals surface area (Å²) in [5, 5.41) is 3.02. The number of carbonyl (C=O) groups is 1. The van der Waals surface area contributed by atoms with E-state index in [4.69, 9.17) is 5.73 Å². The molecule has 0 aromatic carbocycles. The van der Waals surface area contributed by atoms with Crippen molar-refractivity contribution in [2.75, 3.05) is 26.2 Å². The van der Waals surface area contributed by atoms with Gasteiger partial charge < -0.3 is 11.1 Å². The fourth-order valence-corrected chi connectivity index (χ4v) is 2.30. The van der Waals surface area contributed by atoms with Crippen LogP contribution in [0.15, 0.2) is 0 Å². The molecule has 0 aromatic heterocycles. The van der Waals surface area contributed by atoms with Gasteiger partial charge in [0.05, 0.1) is 6.54 Å². The van der Waals surface area contributed by atoms with Gasteiger partial charge in [0.2, 0.25) is 5.91 Å². The molecular weight excluding hydrogens is 202 g/mol. The first-order valence-electron chi connectivity index (χ1n) is 6.40. The Morgan fingerprint density at radius 3 is 2.62 bits per heavy atom. The van der Waals surface area contributed by atoms with E-state index in [2.05, 4.69) is 17.1 Å². The zero-order valence-corrected chi connectivity index (χ0v) is 10.1. The predicted molar refractivity (Wildman–Crippen MR) is 63.9 cm³/mol. The van der Waals surface area contributed by atoms with Crippen LogP contribution in [0, 0.1) is 11.8 Å². The Morgan fingerprint density at radius 2 is 2.06 bits per heavy atom. The summed E-state index contributed by atoms with van der Waals surface area (Å²) in [5.41, 5.74) is 5.82. The number of hydrogen-bond acceptors (Lipinski definition) is 3. The maximum atomic E-state index is 11.6. The molecule has 1 aliphatic heterocycles. The number of rotatable bonds is 4. The lowest BCUT2D eigenvalue weighted by Crippen LogP contribution is -2.44. The molecule has 0 spiro atoms. The molecule has 16 heavy (non-hydrogen) atoms. The van der Waals surface area contributed by atoms with Crippen molar-refractivity contribution in [1.29, 1.82) is 0 Å². The lowest BCUT2D eigenvalue weighted by Gasteiger charge is -2.29. The molecule has 2 fully saturated rings. The van der Waals surface area contributed by atoms with Gasteiger partial charge in [-0.15, -0.1) is 0 Å². The van der Waals surface area contributed by atoms with Crippen molar-refractivity contribution in [3.63, 3.8) is 0 Å². The second kappa shape index (κ2) is 5.15. The first-order valence-corrected chi connectivity index (χ1v) is 6.40. The summed E-state index contributed by atoms with van der Waals surface area (Å²) >= 11 is 0. The fraction of sp³-hybridized carbons (Fsp3) is 0.917. The predicted octanol–water partition coefficient (Wildman–Crippen LogP) is 0.182. The molecule has 2 unspecified atom stereocenters. The van der Waals surface area contributed by atoms with E-state index < -0.39 is 0 Å². The van der Waals surface area contributed by atoms with E-state index in [1.54, 1.807) is 0 Å². The van der Waals surface area contributed by atoms with Gasteiger partial charge in [-0.2, -0.15) is 0 Å². The highest BCUT2D eigenvalue weighted by Crippen LogP contribution is 2.36. The third-order valence-electron chi connectivity index (χ3n) is 3.84. The molecule has 0 aromatic rings. The van der Waals surface area contributed by atoms with Crippen LogP contribution in [-0.4, -0.2) is 43.0 Å². The number of carbonyl (C=O) groups excluding carboxylic acids is 1. The molecule has 1 heterocycles. The van der Waals surface area contributed by atoms with E-state index in [1.165, 1.54) is 6.42 Å². The molecule has 2 rings (SSSR count). The van der Waals surface area contributed by atoms with E-state index in [-0.39, 0.29) is 5.91 Å². The highest BCUT2D eigenvalue weighted by molar-refractivity contribution is 5.78. The Labute approximate surface area is 97.6 Å². The van der Waals surface area contributed by atoms with Crippen LogP contribution >= 0.6 is 0 Å². The first kappa shape index (κ1) is 11.9. The second-order valence-electron chi connectivity index (χ2n) is 5.39. The fourth-order valence-electron chi connectivity index (χ4n) is 2.30. The van der Waals surface area contributed by atoms with Crippen LogP contribution in [0.4, 0.5) is 0 Å². The standard InChI is InChI=1S/C12H23N3O/c1-9-6-10(9)7-14-12(16)8-15-4-2-11(13)3-5-15/h9-11H,2-8,13H2,1H3,(H,14,16). The van der Waals surface area contributed by atoms with Gasteiger partial charge in [0.25, 0.3) is 0 Å². The Bertz CT molecular complexity index is 249. The van der Waals surface area contributed by atoms with Crippen molar-refractivity contribution >= 4 is 5.91 Å². The minimum atomic E-state index is 0.176. The van der Waals surface area contributed by atoms with Gasteiger partial charge >= 0.3 is 0 Å². The minimum absolute atomic E-state index is 0.176. The van der Waals surface area contributed by atoms with Crippen molar-refractivity contribution < 1.29 is 4.79 Å². The molecular formula is C12H23N3O. The number of amides is 1. The third kappa shape index (κ3) is 3.46. The first-order chi connectivity index (χ1) is 7.65. The molecule has 4 nitrogen and oxygen atoms in total. The average molecular weight is 225 g/mol. The van der Waals surface area contributed by atoms with Gasteiger partial charge in [-0.3, -0.25) is 9.69 Å². The van der Waals surface area contributed by atoms with Gasteiger partial charge in [-0.1, -0.05) is 6.92 Å². The van der Waals surface area contributed by atoms with E-state index in [1.807, 2.05) is 0 Å². The van der Waals surface area contributed by atoms with Gasteiger partial charge in [-0.05, 0) is 31.1 Å². The maximum Gasteiger partial charge on any atom is 0.234 e. The number of piperidine rings is 1. The summed E-state index contributed by atoms with van der Waals surface area (Å²) in [7, 11) is 0. The van der Waals surface area contributed by atoms with Crippen molar-refractivity contribution in [3.8, 4) is 0 Å². The zero-order valence-electron chi connectivity index (χ0n) is 10.1. The molecule has 1 amide bonds. The molecule has 1 saturated carbocycles. The van der Waals surface area contributed by atoms with Crippen LogP contribution in [-0.2, 0) is 4.79 Å². The van der Waals surface area contributed by atoms with Crippen LogP contribution in [0.3, 0.4) is 0 Å². The summed E-state index contributed by atoms with van der Waals surface area (Å²) in [6.07, 6.45) is 3.32. The molecule has 1 saturated heterocycles. The Hall–Kier alpha value is -0.610. The molecule has 3 N–H and O–H groups in total. The van der Waals surface area contributed by atoms with E-state index in [9.17, 15) is 4.79 Å². The second-order valence-corrected chi connectivity index (χ2v) is 5.39. The molecule has 2 atom stereocenters. The smallest absolute Gasteiger partial charge is 0.234 e. The molecule has 0 radical (unpaired) electrons. The lowest BCUT2D eigenvalue weighted by molar-refractivity contribution is -0.122. The lowest BCUT2D eigenvalue weighted by atomic mass is 10.1. The monoisotopic (exact) mass is 225 g/mol. The molecule has 0 bridgehead atoms. The third-order valence-corrected chi connectivity index (χ3v) is 3.84.